The normalized spacial score (nSPS) is 11.0. The Kier molecular flexibility index (Phi) is 7.05. The van der Waals surface area contributed by atoms with Gasteiger partial charge in [-0.1, -0.05) is 37.7 Å². The van der Waals surface area contributed by atoms with Crippen molar-refractivity contribution in [3.05, 3.63) is 46.7 Å². The number of hydrogen-bond donors (Lipinski definition) is 1. The number of thioether (sulfide) groups is 1. The molecule has 0 saturated heterocycles. The van der Waals surface area contributed by atoms with Gasteiger partial charge < -0.3 is 5.32 Å². The molecule has 0 aliphatic carbocycles. The van der Waals surface area contributed by atoms with Crippen LogP contribution < -0.4 is 5.32 Å². The summed E-state index contributed by atoms with van der Waals surface area (Å²) in [5, 5.41) is 4.84. The van der Waals surface area contributed by atoms with E-state index in [0.717, 1.165) is 27.8 Å². The van der Waals surface area contributed by atoms with Gasteiger partial charge in [0.2, 0.25) is 5.91 Å². The molecule has 0 atom stereocenters. The van der Waals surface area contributed by atoms with Crippen LogP contribution in [0.1, 0.15) is 31.5 Å². The summed E-state index contributed by atoms with van der Waals surface area (Å²) >= 11 is 3.14. The van der Waals surface area contributed by atoms with Crippen molar-refractivity contribution in [3.8, 4) is 0 Å². The molecule has 1 aromatic carbocycles. The first-order valence-corrected chi connectivity index (χ1v) is 9.48. The summed E-state index contributed by atoms with van der Waals surface area (Å²) in [5.41, 5.74) is 1.86. The van der Waals surface area contributed by atoms with Crippen LogP contribution in [0.5, 0.6) is 0 Å². The topological polar surface area (TPSA) is 42.0 Å². The van der Waals surface area contributed by atoms with E-state index in [1.807, 2.05) is 5.38 Å². The van der Waals surface area contributed by atoms with Gasteiger partial charge in [-0.2, -0.15) is 0 Å². The zero-order chi connectivity index (χ0) is 16.7. The highest BCUT2D eigenvalue weighted by molar-refractivity contribution is 8.00. The third-order valence-electron chi connectivity index (χ3n) is 3.19. The van der Waals surface area contributed by atoms with E-state index in [9.17, 15) is 9.18 Å². The second-order valence-corrected chi connectivity index (χ2v) is 7.81. The first-order valence-electron chi connectivity index (χ1n) is 7.61. The SMILES string of the molecule is CC(C)CCNC(=O)Cc1csc(SCc2ccc(F)cc2)n1. The molecule has 1 amide bonds. The number of nitrogens with zero attached hydrogens (tertiary/aromatic N) is 1. The Morgan fingerprint density at radius 1 is 1.35 bits per heavy atom. The van der Waals surface area contributed by atoms with Crippen molar-refractivity contribution in [2.75, 3.05) is 6.54 Å². The molecule has 3 nitrogen and oxygen atoms in total. The van der Waals surface area contributed by atoms with Crippen LogP contribution in [0, 0.1) is 11.7 Å². The second kappa shape index (κ2) is 9.03. The number of amides is 1. The molecule has 0 spiro atoms. The minimum atomic E-state index is -0.223. The lowest BCUT2D eigenvalue weighted by Gasteiger charge is -2.05. The van der Waals surface area contributed by atoms with Crippen molar-refractivity contribution in [2.24, 2.45) is 5.92 Å². The number of rotatable bonds is 8. The molecule has 0 bridgehead atoms. The van der Waals surface area contributed by atoms with Crippen molar-refractivity contribution in [1.82, 2.24) is 10.3 Å². The Hall–Kier alpha value is -1.40. The number of hydrogen-bond acceptors (Lipinski definition) is 4. The molecule has 0 radical (unpaired) electrons. The Bertz CT molecular complexity index is 626. The van der Waals surface area contributed by atoms with E-state index < -0.39 is 0 Å². The fraction of sp³-hybridized carbons (Fsp3) is 0.412. The third kappa shape index (κ3) is 6.71. The monoisotopic (exact) mass is 352 g/mol. The fourth-order valence-electron chi connectivity index (χ4n) is 1.89. The first kappa shape index (κ1) is 17.9. The van der Waals surface area contributed by atoms with Crippen LogP contribution in [0.4, 0.5) is 4.39 Å². The highest BCUT2D eigenvalue weighted by atomic mass is 32.2. The van der Waals surface area contributed by atoms with Crippen LogP contribution in [0.15, 0.2) is 34.0 Å². The number of carbonyl (C=O) groups excluding carboxylic acids is 1. The van der Waals surface area contributed by atoms with Gasteiger partial charge in [0.15, 0.2) is 0 Å². The van der Waals surface area contributed by atoms with Crippen molar-refractivity contribution in [2.45, 2.75) is 36.8 Å². The predicted molar refractivity (Wildman–Crippen MR) is 94.2 cm³/mol. The lowest BCUT2D eigenvalue weighted by Crippen LogP contribution is -2.26. The smallest absolute Gasteiger partial charge is 0.226 e. The Labute approximate surface area is 144 Å². The Balaban J connectivity index is 1.76. The largest absolute Gasteiger partial charge is 0.356 e. The van der Waals surface area contributed by atoms with Crippen LogP contribution in [-0.2, 0) is 17.0 Å². The highest BCUT2D eigenvalue weighted by Gasteiger charge is 2.08. The van der Waals surface area contributed by atoms with Crippen molar-refractivity contribution < 1.29 is 9.18 Å². The average Bonchev–Trinajstić information content (AvgIpc) is 2.93. The van der Waals surface area contributed by atoms with Crippen LogP contribution in [0.3, 0.4) is 0 Å². The molecule has 1 aromatic heterocycles. The number of nitrogens with one attached hydrogen (secondary N) is 1. The maximum absolute atomic E-state index is 12.9. The number of aromatic nitrogens is 1. The molecule has 1 N–H and O–H groups in total. The number of halogens is 1. The molecule has 0 fully saturated rings. The Morgan fingerprint density at radius 3 is 2.78 bits per heavy atom. The number of thiazole rings is 1. The summed E-state index contributed by atoms with van der Waals surface area (Å²) in [6, 6.07) is 6.48. The van der Waals surface area contributed by atoms with Gasteiger partial charge in [0, 0.05) is 17.7 Å². The number of carbonyl (C=O) groups is 1. The van der Waals surface area contributed by atoms with Crippen LogP contribution >= 0.6 is 23.1 Å². The Morgan fingerprint density at radius 2 is 2.09 bits per heavy atom. The van der Waals surface area contributed by atoms with Gasteiger partial charge in [-0.3, -0.25) is 4.79 Å². The zero-order valence-electron chi connectivity index (χ0n) is 13.3. The summed E-state index contributed by atoms with van der Waals surface area (Å²) in [7, 11) is 0. The summed E-state index contributed by atoms with van der Waals surface area (Å²) in [5.74, 6) is 1.13. The summed E-state index contributed by atoms with van der Waals surface area (Å²) in [6.45, 7) is 4.99. The molecule has 0 unspecified atom stereocenters. The molecule has 0 aliphatic heterocycles. The minimum Gasteiger partial charge on any atom is -0.356 e. The lowest BCUT2D eigenvalue weighted by atomic mass is 10.1. The molecule has 1 heterocycles. The van der Waals surface area contributed by atoms with E-state index in [1.54, 1.807) is 35.2 Å². The van der Waals surface area contributed by atoms with E-state index in [1.165, 1.54) is 12.1 Å². The molecule has 2 rings (SSSR count). The van der Waals surface area contributed by atoms with Gasteiger partial charge in [-0.25, -0.2) is 9.37 Å². The summed E-state index contributed by atoms with van der Waals surface area (Å²) in [4.78, 5) is 16.3. The van der Waals surface area contributed by atoms with E-state index in [-0.39, 0.29) is 11.7 Å². The maximum Gasteiger partial charge on any atom is 0.226 e. The van der Waals surface area contributed by atoms with E-state index in [0.29, 0.717) is 18.9 Å². The van der Waals surface area contributed by atoms with Crippen LogP contribution in [0.2, 0.25) is 0 Å². The fourth-order valence-corrected chi connectivity index (χ4v) is 3.69. The minimum absolute atomic E-state index is 0.0195. The molecule has 23 heavy (non-hydrogen) atoms. The molecule has 0 aliphatic rings. The predicted octanol–water partition coefficient (Wildman–Crippen LogP) is 4.28. The van der Waals surface area contributed by atoms with Gasteiger partial charge in [0.1, 0.15) is 10.2 Å². The summed E-state index contributed by atoms with van der Waals surface area (Å²) in [6.07, 6.45) is 1.31. The van der Waals surface area contributed by atoms with Crippen molar-refractivity contribution >= 4 is 29.0 Å². The lowest BCUT2D eigenvalue weighted by molar-refractivity contribution is -0.120. The third-order valence-corrected chi connectivity index (χ3v) is 5.33. The van der Waals surface area contributed by atoms with Crippen molar-refractivity contribution in [3.63, 3.8) is 0 Å². The molecule has 0 saturated carbocycles. The zero-order valence-corrected chi connectivity index (χ0v) is 15.0. The van der Waals surface area contributed by atoms with Gasteiger partial charge in [0.05, 0.1) is 12.1 Å². The molecule has 124 valence electrons. The van der Waals surface area contributed by atoms with E-state index in [4.69, 9.17) is 0 Å². The average molecular weight is 352 g/mol. The second-order valence-electron chi connectivity index (χ2n) is 5.73. The van der Waals surface area contributed by atoms with Crippen LogP contribution in [0.25, 0.3) is 0 Å². The highest BCUT2D eigenvalue weighted by Crippen LogP contribution is 2.26. The van der Waals surface area contributed by atoms with Crippen molar-refractivity contribution in [1.29, 1.82) is 0 Å². The molecular formula is C17H21FN2OS2. The quantitative estimate of drug-likeness (QED) is 0.721. The van der Waals surface area contributed by atoms with E-state index >= 15 is 0 Å². The number of benzene rings is 1. The molecular weight excluding hydrogens is 331 g/mol. The summed E-state index contributed by atoms with van der Waals surface area (Å²) < 4.78 is 13.8. The van der Waals surface area contributed by atoms with Gasteiger partial charge in [-0.05, 0) is 30.0 Å². The van der Waals surface area contributed by atoms with E-state index in [2.05, 4.69) is 24.1 Å². The first-order chi connectivity index (χ1) is 11.0. The molecule has 2 aromatic rings. The van der Waals surface area contributed by atoms with Gasteiger partial charge >= 0.3 is 0 Å². The van der Waals surface area contributed by atoms with Crippen LogP contribution in [-0.4, -0.2) is 17.4 Å². The van der Waals surface area contributed by atoms with Gasteiger partial charge in [0.25, 0.3) is 0 Å². The standard InChI is InChI=1S/C17H21FN2OS2/c1-12(2)7-8-19-16(21)9-15-11-23-17(20-15)22-10-13-3-5-14(18)6-4-13/h3-6,11-12H,7-10H2,1-2H3,(H,19,21). The van der Waals surface area contributed by atoms with Gasteiger partial charge in [-0.15, -0.1) is 11.3 Å². The molecule has 6 heteroatoms. The maximum atomic E-state index is 12.9.